The van der Waals surface area contributed by atoms with E-state index in [4.69, 9.17) is 4.74 Å². The summed E-state index contributed by atoms with van der Waals surface area (Å²) in [5, 5.41) is 8.98. The van der Waals surface area contributed by atoms with E-state index in [0.717, 1.165) is 0 Å². The van der Waals surface area contributed by atoms with Crippen molar-refractivity contribution in [1.82, 2.24) is 10.2 Å². The number of nitrogens with zero attached hydrogens (tertiary/aromatic N) is 1. The number of carbonyl (C=O) groups excluding carboxylic acids is 1. The molecule has 0 aliphatic heterocycles. The van der Waals surface area contributed by atoms with Gasteiger partial charge in [-0.25, -0.2) is 4.79 Å². The van der Waals surface area contributed by atoms with Gasteiger partial charge in [-0.1, -0.05) is 30.3 Å². The number of nitrogens with one attached hydrogen (secondary N) is 2. The van der Waals surface area contributed by atoms with Gasteiger partial charge in [0.05, 0.1) is 23.5 Å². The van der Waals surface area contributed by atoms with Crippen LogP contribution in [0.1, 0.15) is 29.5 Å². The van der Waals surface area contributed by atoms with Crippen LogP contribution >= 0.6 is 0 Å². The summed E-state index contributed by atoms with van der Waals surface area (Å²) in [5.41, 5.74) is 1.78. The molecule has 1 unspecified atom stereocenters. The van der Waals surface area contributed by atoms with E-state index in [9.17, 15) is 18.0 Å². The number of rotatable bonds is 4. The Bertz CT molecular complexity index is 649. The lowest BCUT2D eigenvalue weighted by Gasteiger charge is -2.20. The number of amides is 1. The minimum atomic E-state index is -4.46. The van der Waals surface area contributed by atoms with E-state index >= 15 is 0 Å². The van der Waals surface area contributed by atoms with Crippen LogP contribution < -0.4 is 5.32 Å². The van der Waals surface area contributed by atoms with Crippen LogP contribution in [0.15, 0.2) is 30.3 Å². The van der Waals surface area contributed by atoms with E-state index in [2.05, 4.69) is 15.5 Å². The minimum absolute atomic E-state index is 0.278. The van der Waals surface area contributed by atoms with Gasteiger partial charge in [-0.05, 0) is 19.4 Å². The Morgan fingerprint density at radius 1 is 1.30 bits per heavy atom. The molecule has 0 bridgehead atoms. The van der Waals surface area contributed by atoms with E-state index < -0.39 is 24.8 Å². The number of hydrogen-bond acceptors (Lipinski definition) is 3. The molecule has 0 saturated carbocycles. The number of anilines is 1. The maximum absolute atomic E-state index is 12.7. The van der Waals surface area contributed by atoms with Gasteiger partial charge in [-0.3, -0.25) is 10.4 Å². The summed E-state index contributed by atoms with van der Waals surface area (Å²) in [7, 11) is 0. The van der Waals surface area contributed by atoms with E-state index in [1.54, 1.807) is 32.0 Å². The topological polar surface area (TPSA) is 67.0 Å². The van der Waals surface area contributed by atoms with E-state index in [0.29, 0.717) is 17.1 Å². The molecular weight excluding hydrogens is 311 g/mol. The zero-order chi connectivity index (χ0) is 17.0. The van der Waals surface area contributed by atoms with Gasteiger partial charge in [-0.2, -0.15) is 18.3 Å². The molecule has 0 aliphatic carbocycles. The standard InChI is InChI=1S/C15H16F3N3O2/c1-9-13(10(2)21-20-9)19-14(22)23-12(8-15(16,17)18)11-6-4-3-5-7-11/h3-7,12H,8H2,1-2H3,(H,19,22)(H,20,21). The van der Waals surface area contributed by atoms with Gasteiger partial charge in [0, 0.05) is 0 Å². The lowest BCUT2D eigenvalue weighted by molar-refractivity contribution is -0.153. The maximum Gasteiger partial charge on any atom is 0.412 e. The molecule has 0 fully saturated rings. The number of aryl methyl sites for hydroxylation is 2. The van der Waals surface area contributed by atoms with Crippen molar-refractivity contribution in [3.8, 4) is 0 Å². The Morgan fingerprint density at radius 2 is 1.96 bits per heavy atom. The smallest absolute Gasteiger partial charge is 0.412 e. The Labute approximate surface area is 130 Å². The Hall–Kier alpha value is -2.51. The summed E-state index contributed by atoms with van der Waals surface area (Å²) in [5.74, 6) is 0. The summed E-state index contributed by atoms with van der Waals surface area (Å²) < 4.78 is 43.1. The van der Waals surface area contributed by atoms with Crippen LogP contribution in [-0.2, 0) is 4.74 Å². The third kappa shape index (κ3) is 4.73. The molecule has 23 heavy (non-hydrogen) atoms. The summed E-state index contributed by atoms with van der Waals surface area (Å²) in [6.45, 7) is 3.34. The zero-order valence-electron chi connectivity index (χ0n) is 12.6. The fraction of sp³-hybridized carbons (Fsp3) is 0.333. The summed E-state index contributed by atoms with van der Waals surface area (Å²) in [6, 6.07) is 7.82. The molecule has 0 radical (unpaired) electrons. The quantitative estimate of drug-likeness (QED) is 0.881. The minimum Gasteiger partial charge on any atom is -0.441 e. The maximum atomic E-state index is 12.7. The second kappa shape index (κ2) is 6.72. The van der Waals surface area contributed by atoms with Crippen molar-refractivity contribution in [3.63, 3.8) is 0 Å². The van der Waals surface area contributed by atoms with Gasteiger partial charge in [0.25, 0.3) is 0 Å². The van der Waals surface area contributed by atoms with Gasteiger partial charge < -0.3 is 4.74 Å². The Morgan fingerprint density at radius 3 is 2.48 bits per heavy atom. The number of aromatic amines is 1. The zero-order valence-corrected chi connectivity index (χ0v) is 12.6. The highest BCUT2D eigenvalue weighted by molar-refractivity contribution is 5.86. The highest BCUT2D eigenvalue weighted by atomic mass is 19.4. The monoisotopic (exact) mass is 327 g/mol. The molecule has 124 valence electrons. The van der Waals surface area contributed by atoms with Crippen molar-refractivity contribution in [2.45, 2.75) is 32.5 Å². The molecule has 0 aliphatic rings. The lowest BCUT2D eigenvalue weighted by Crippen LogP contribution is -2.22. The number of carbonyl (C=O) groups is 1. The molecule has 2 aromatic rings. The van der Waals surface area contributed by atoms with Gasteiger partial charge in [0.1, 0.15) is 6.10 Å². The number of halogens is 3. The highest BCUT2D eigenvalue weighted by Crippen LogP contribution is 2.32. The van der Waals surface area contributed by atoms with Crippen molar-refractivity contribution in [1.29, 1.82) is 0 Å². The fourth-order valence-electron chi connectivity index (χ4n) is 2.10. The molecule has 1 aromatic heterocycles. The van der Waals surface area contributed by atoms with Crippen LogP contribution in [0.4, 0.5) is 23.7 Å². The van der Waals surface area contributed by atoms with Gasteiger partial charge >= 0.3 is 12.3 Å². The molecule has 2 rings (SSSR count). The molecule has 0 saturated heterocycles. The van der Waals surface area contributed by atoms with Crippen LogP contribution in [0.3, 0.4) is 0 Å². The molecule has 0 spiro atoms. The number of hydrogen-bond donors (Lipinski definition) is 2. The molecule has 8 heteroatoms. The second-order valence-electron chi connectivity index (χ2n) is 5.06. The highest BCUT2D eigenvalue weighted by Gasteiger charge is 2.35. The van der Waals surface area contributed by atoms with Crippen LogP contribution in [0.5, 0.6) is 0 Å². The Balaban J connectivity index is 2.13. The van der Waals surface area contributed by atoms with Crippen LogP contribution in [0.2, 0.25) is 0 Å². The first-order chi connectivity index (χ1) is 10.8. The van der Waals surface area contributed by atoms with Crippen LogP contribution in [0.25, 0.3) is 0 Å². The summed E-state index contributed by atoms with van der Waals surface area (Å²) in [4.78, 5) is 11.9. The molecule has 5 nitrogen and oxygen atoms in total. The largest absolute Gasteiger partial charge is 0.441 e. The average molecular weight is 327 g/mol. The first-order valence-electron chi connectivity index (χ1n) is 6.87. The summed E-state index contributed by atoms with van der Waals surface area (Å²) >= 11 is 0. The van der Waals surface area contributed by atoms with E-state index in [1.807, 2.05) is 0 Å². The molecule has 2 N–H and O–H groups in total. The third-order valence-electron chi connectivity index (χ3n) is 3.19. The van der Waals surface area contributed by atoms with Crippen molar-refractivity contribution in [2.75, 3.05) is 5.32 Å². The first kappa shape index (κ1) is 16.9. The predicted octanol–water partition coefficient (Wildman–Crippen LogP) is 4.27. The van der Waals surface area contributed by atoms with Gasteiger partial charge in [0.15, 0.2) is 0 Å². The number of H-pyrrole nitrogens is 1. The van der Waals surface area contributed by atoms with Crippen LogP contribution in [-0.4, -0.2) is 22.5 Å². The van der Waals surface area contributed by atoms with Gasteiger partial charge in [0.2, 0.25) is 0 Å². The van der Waals surface area contributed by atoms with Crippen molar-refractivity contribution in [3.05, 3.63) is 47.3 Å². The predicted molar refractivity (Wildman–Crippen MR) is 78.0 cm³/mol. The molecule has 1 atom stereocenters. The van der Waals surface area contributed by atoms with E-state index in [-0.39, 0.29) is 5.56 Å². The molecule has 1 aromatic carbocycles. The van der Waals surface area contributed by atoms with Crippen LogP contribution in [0, 0.1) is 13.8 Å². The number of alkyl halides is 3. The average Bonchev–Trinajstić information content (AvgIpc) is 2.78. The van der Waals surface area contributed by atoms with Crippen molar-refractivity contribution >= 4 is 11.8 Å². The first-order valence-corrected chi connectivity index (χ1v) is 6.87. The van der Waals surface area contributed by atoms with Crippen molar-refractivity contribution < 1.29 is 22.7 Å². The van der Waals surface area contributed by atoms with Gasteiger partial charge in [-0.15, -0.1) is 0 Å². The second-order valence-corrected chi connectivity index (χ2v) is 5.06. The summed E-state index contributed by atoms with van der Waals surface area (Å²) in [6.07, 6.45) is -8.09. The number of ether oxygens (including phenoxy) is 1. The lowest BCUT2D eigenvalue weighted by atomic mass is 10.1. The number of benzene rings is 1. The third-order valence-corrected chi connectivity index (χ3v) is 3.19. The molecule has 1 amide bonds. The molecular formula is C15H16F3N3O2. The Kier molecular flexibility index (Phi) is 4.92. The van der Waals surface area contributed by atoms with E-state index in [1.165, 1.54) is 12.1 Å². The number of aromatic nitrogens is 2. The van der Waals surface area contributed by atoms with Crippen molar-refractivity contribution in [2.24, 2.45) is 0 Å². The SMILES string of the molecule is Cc1n[nH]c(C)c1NC(=O)OC(CC(F)(F)F)c1ccccc1. The fourth-order valence-corrected chi connectivity index (χ4v) is 2.10. The normalized spacial score (nSPS) is 12.7. The molecule has 1 heterocycles.